The number of benzene rings is 1. The molecule has 0 spiro atoms. The Morgan fingerprint density at radius 2 is 2.25 bits per heavy atom. The van der Waals surface area contributed by atoms with E-state index in [9.17, 15) is 20.0 Å². The predicted octanol–water partition coefficient (Wildman–Crippen LogP) is -0.237. The molecule has 1 aromatic heterocycles. The molecule has 7 nitrogen and oxygen atoms in total. The number of nitrogens with one attached hydrogen (secondary N) is 1. The van der Waals surface area contributed by atoms with Crippen LogP contribution in [0.4, 0.5) is 5.69 Å². The van der Waals surface area contributed by atoms with Crippen LogP contribution in [0.15, 0.2) is 18.3 Å². The van der Waals surface area contributed by atoms with E-state index in [4.69, 9.17) is 0 Å². The molecule has 0 unspecified atom stereocenters. The lowest BCUT2D eigenvalue weighted by Crippen LogP contribution is -2.24. The SMILES string of the molecule is O=C([O-])Cc1cc([N+](=O)[O-])c2[nH]ncc2c1. The molecule has 0 saturated carbocycles. The molecule has 7 heteroatoms. The van der Waals surface area contributed by atoms with Crippen molar-refractivity contribution in [3.8, 4) is 0 Å². The Balaban J connectivity index is 2.61. The Hall–Kier alpha value is -2.44. The highest BCUT2D eigenvalue weighted by molar-refractivity contribution is 5.88. The van der Waals surface area contributed by atoms with Gasteiger partial charge in [0.15, 0.2) is 0 Å². The number of non-ortho nitro benzene ring substituents is 1. The second kappa shape index (κ2) is 3.61. The molecule has 0 bridgehead atoms. The van der Waals surface area contributed by atoms with Gasteiger partial charge in [-0.25, -0.2) is 0 Å². The lowest BCUT2D eigenvalue weighted by Gasteiger charge is -2.02. The molecule has 0 atom stereocenters. The highest BCUT2D eigenvalue weighted by Crippen LogP contribution is 2.25. The number of hydrogen-bond acceptors (Lipinski definition) is 5. The summed E-state index contributed by atoms with van der Waals surface area (Å²) in [6, 6.07) is 2.73. The summed E-state index contributed by atoms with van der Waals surface area (Å²) in [5.41, 5.74) is 0.416. The van der Waals surface area contributed by atoms with Crippen molar-refractivity contribution in [2.75, 3.05) is 0 Å². The van der Waals surface area contributed by atoms with Gasteiger partial charge in [-0.1, -0.05) is 0 Å². The molecule has 1 aromatic carbocycles. The van der Waals surface area contributed by atoms with E-state index in [2.05, 4.69) is 10.2 Å². The third kappa shape index (κ3) is 1.70. The summed E-state index contributed by atoms with van der Waals surface area (Å²) in [4.78, 5) is 20.6. The highest BCUT2D eigenvalue weighted by Gasteiger charge is 2.15. The zero-order valence-electron chi connectivity index (χ0n) is 7.97. The fraction of sp³-hybridized carbons (Fsp3) is 0.111. The van der Waals surface area contributed by atoms with Crippen LogP contribution >= 0.6 is 0 Å². The molecule has 0 aliphatic rings. The number of hydrogen-bond donors (Lipinski definition) is 1. The third-order valence-electron chi connectivity index (χ3n) is 2.13. The molecule has 0 saturated heterocycles. The van der Waals surface area contributed by atoms with E-state index in [0.717, 1.165) is 0 Å². The normalized spacial score (nSPS) is 10.5. The number of rotatable bonds is 3. The van der Waals surface area contributed by atoms with Gasteiger partial charge in [0.2, 0.25) is 0 Å². The van der Waals surface area contributed by atoms with Crippen LogP contribution in [0.25, 0.3) is 10.9 Å². The van der Waals surface area contributed by atoms with Gasteiger partial charge >= 0.3 is 0 Å². The number of H-pyrrole nitrogens is 1. The van der Waals surface area contributed by atoms with Crippen molar-refractivity contribution in [1.29, 1.82) is 0 Å². The molecule has 82 valence electrons. The minimum atomic E-state index is -1.28. The van der Waals surface area contributed by atoms with E-state index in [1.54, 1.807) is 0 Å². The van der Waals surface area contributed by atoms with Crippen molar-refractivity contribution in [1.82, 2.24) is 10.2 Å². The van der Waals surface area contributed by atoms with Gasteiger partial charge in [-0.2, -0.15) is 5.10 Å². The zero-order chi connectivity index (χ0) is 11.7. The second-order valence-corrected chi connectivity index (χ2v) is 3.26. The highest BCUT2D eigenvalue weighted by atomic mass is 16.6. The molecule has 0 amide bonds. The number of carbonyl (C=O) groups excluding carboxylic acids is 1. The number of fused-ring (bicyclic) bond motifs is 1. The van der Waals surface area contributed by atoms with Crippen LogP contribution in [0.2, 0.25) is 0 Å². The number of aromatic amines is 1. The number of nitrogens with zero attached hydrogens (tertiary/aromatic N) is 2. The maximum absolute atomic E-state index is 10.7. The van der Waals surface area contributed by atoms with Gasteiger partial charge in [0, 0.05) is 23.8 Å². The van der Waals surface area contributed by atoms with Crippen molar-refractivity contribution >= 4 is 22.6 Å². The fourth-order valence-electron chi connectivity index (χ4n) is 1.51. The molecule has 2 rings (SSSR count). The van der Waals surface area contributed by atoms with Gasteiger partial charge in [0.1, 0.15) is 5.52 Å². The number of nitro benzene ring substituents is 1. The van der Waals surface area contributed by atoms with E-state index in [1.165, 1.54) is 18.3 Å². The summed E-state index contributed by atoms with van der Waals surface area (Å²) in [7, 11) is 0. The molecule has 2 aromatic rings. The number of nitro groups is 1. The fourth-order valence-corrected chi connectivity index (χ4v) is 1.51. The number of carboxylic acid groups (broad SMARTS) is 1. The molecule has 16 heavy (non-hydrogen) atoms. The summed E-state index contributed by atoms with van der Waals surface area (Å²) in [5, 5.41) is 27.8. The molecule has 0 radical (unpaired) electrons. The third-order valence-corrected chi connectivity index (χ3v) is 2.13. The van der Waals surface area contributed by atoms with Crippen LogP contribution in [0.5, 0.6) is 0 Å². The Morgan fingerprint density at radius 1 is 1.50 bits per heavy atom. The van der Waals surface area contributed by atoms with Crippen molar-refractivity contribution < 1.29 is 14.8 Å². The monoisotopic (exact) mass is 220 g/mol. The van der Waals surface area contributed by atoms with Gasteiger partial charge < -0.3 is 9.90 Å². The first-order valence-electron chi connectivity index (χ1n) is 4.38. The van der Waals surface area contributed by atoms with E-state index in [0.29, 0.717) is 10.9 Å². The van der Waals surface area contributed by atoms with E-state index in [1.807, 2.05) is 0 Å². The van der Waals surface area contributed by atoms with E-state index < -0.39 is 10.9 Å². The van der Waals surface area contributed by atoms with Crippen LogP contribution in [-0.2, 0) is 11.2 Å². The zero-order valence-corrected chi connectivity index (χ0v) is 7.97. The van der Waals surface area contributed by atoms with Gasteiger partial charge in [-0.05, 0) is 11.6 Å². The number of carbonyl (C=O) groups is 1. The molecule has 1 N–H and O–H groups in total. The average Bonchev–Trinajstić information content (AvgIpc) is 2.62. The van der Waals surface area contributed by atoms with Crippen LogP contribution in [0.1, 0.15) is 5.56 Å². The van der Waals surface area contributed by atoms with Crippen LogP contribution in [0, 0.1) is 10.1 Å². The van der Waals surface area contributed by atoms with Crippen molar-refractivity contribution in [2.24, 2.45) is 0 Å². The summed E-state index contributed by atoms with van der Waals surface area (Å²) in [6.45, 7) is 0. The van der Waals surface area contributed by atoms with Crippen molar-refractivity contribution in [2.45, 2.75) is 6.42 Å². The van der Waals surface area contributed by atoms with Crippen LogP contribution < -0.4 is 5.11 Å². The Kier molecular flexibility index (Phi) is 2.28. The molecule has 0 aliphatic carbocycles. The summed E-state index contributed by atoms with van der Waals surface area (Å²) in [5.74, 6) is -1.28. The first kappa shape index (κ1) is 10.1. The minimum Gasteiger partial charge on any atom is -0.550 e. The average molecular weight is 220 g/mol. The topological polar surface area (TPSA) is 112 Å². The quantitative estimate of drug-likeness (QED) is 0.566. The number of aliphatic carboxylic acids is 1. The molecule has 1 heterocycles. The standard InChI is InChI=1S/C9H7N3O4/c13-8(14)3-5-1-6-4-10-11-9(6)7(2-5)12(15)16/h1-2,4H,3H2,(H,10,11)(H,13,14)/p-1. The van der Waals surface area contributed by atoms with E-state index >= 15 is 0 Å². The maximum atomic E-state index is 10.7. The molecular weight excluding hydrogens is 214 g/mol. The van der Waals surface area contributed by atoms with E-state index in [-0.39, 0.29) is 17.6 Å². The smallest absolute Gasteiger partial charge is 0.295 e. The first-order chi connectivity index (χ1) is 7.58. The lowest BCUT2D eigenvalue weighted by molar-refractivity contribution is -0.383. The van der Waals surface area contributed by atoms with Crippen molar-refractivity contribution in [3.63, 3.8) is 0 Å². The molecular formula is C9H6N3O4-. The van der Waals surface area contributed by atoms with Gasteiger partial charge in [0.05, 0.1) is 11.1 Å². The predicted molar refractivity (Wildman–Crippen MR) is 51.5 cm³/mol. The van der Waals surface area contributed by atoms with Crippen LogP contribution in [-0.4, -0.2) is 21.1 Å². The molecule has 0 aliphatic heterocycles. The number of carboxylic acids is 1. The molecule has 0 fully saturated rings. The van der Waals surface area contributed by atoms with Gasteiger partial charge in [-0.15, -0.1) is 0 Å². The van der Waals surface area contributed by atoms with Gasteiger partial charge in [0.25, 0.3) is 5.69 Å². The Labute approximate surface area is 88.8 Å². The Bertz CT molecular complexity index is 575. The maximum Gasteiger partial charge on any atom is 0.295 e. The van der Waals surface area contributed by atoms with Crippen LogP contribution in [0.3, 0.4) is 0 Å². The lowest BCUT2D eigenvalue weighted by atomic mass is 10.1. The summed E-state index contributed by atoms with van der Waals surface area (Å²) in [6.07, 6.45) is 1.04. The summed E-state index contributed by atoms with van der Waals surface area (Å²) >= 11 is 0. The largest absolute Gasteiger partial charge is 0.550 e. The second-order valence-electron chi connectivity index (χ2n) is 3.26. The van der Waals surface area contributed by atoms with Gasteiger partial charge in [-0.3, -0.25) is 15.2 Å². The number of aromatic nitrogens is 2. The van der Waals surface area contributed by atoms with Crippen molar-refractivity contribution in [3.05, 3.63) is 34.0 Å². The Morgan fingerprint density at radius 3 is 2.88 bits per heavy atom. The summed E-state index contributed by atoms with van der Waals surface area (Å²) < 4.78 is 0. The minimum absolute atomic E-state index is 0.189. The first-order valence-corrected chi connectivity index (χ1v) is 4.38.